The van der Waals surface area contributed by atoms with Crippen LogP contribution in [0.25, 0.3) is 0 Å². The van der Waals surface area contributed by atoms with Crippen LogP contribution < -0.4 is 10.6 Å². The van der Waals surface area contributed by atoms with Crippen LogP contribution in [0.2, 0.25) is 0 Å². The Bertz CT molecular complexity index is 590. The van der Waals surface area contributed by atoms with Crippen LogP contribution in [-0.4, -0.2) is 42.9 Å². The van der Waals surface area contributed by atoms with Gasteiger partial charge in [-0.1, -0.05) is 26.0 Å². The molecule has 0 saturated carbocycles. The summed E-state index contributed by atoms with van der Waals surface area (Å²) in [5.74, 6) is 0.952. The highest BCUT2D eigenvalue weighted by Gasteiger charge is 2.23. The van der Waals surface area contributed by atoms with Crippen LogP contribution >= 0.6 is 0 Å². The van der Waals surface area contributed by atoms with Crippen molar-refractivity contribution < 1.29 is 9.59 Å². The van der Waals surface area contributed by atoms with E-state index in [0.29, 0.717) is 18.4 Å². The van der Waals surface area contributed by atoms with Gasteiger partial charge in [0.15, 0.2) is 0 Å². The van der Waals surface area contributed by atoms with Crippen LogP contribution in [0.5, 0.6) is 0 Å². The van der Waals surface area contributed by atoms with Gasteiger partial charge in [-0.05, 0) is 49.3 Å². The Morgan fingerprint density at radius 1 is 1.12 bits per heavy atom. The van der Waals surface area contributed by atoms with E-state index in [1.165, 1.54) is 6.42 Å². The quantitative estimate of drug-likeness (QED) is 0.870. The normalized spacial score (nSPS) is 21.3. The van der Waals surface area contributed by atoms with Crippen LogP contribution in [0.1, 0.15) is 31.4 Å². The SMILES string of the molecule is Cc1cccc(NC(=O)CNC(=O)CN2C[C@H](C)C[C@@H](C)C2)c1C. The van der Waals surface area contributed by atoms with Crippen molar-refractivity contribution in [2.45, 2.75) is 34.1 Å². The zero-order valence-electron chi connectivity index (χ0n) is 15.2. The fourth-order valence-electron chi connectivity index (χ4n) is 3.44. The van der Waals surface area contributed by atoms with Gasteiger partial charge < -0.3 is 10.6 Å². The maximum atomic E-state index is 12.1. The molecule has 1 fully saturated rings. The van der Waals surface area contributed by atoms with Crippen LogP contribution in [0.4, 0.5) is 5.69 Å². The van der Waals surface area contributed by atoms with Crippen molar-refractivity contribution in [1.82, 2.24) is 10.2 Å². The van der Waals surface area contributed by atoms with Crippen molar-refractivity contribution in [2.75, 3.05) is 31.5 Å². The molecule has 1 aliphatic heterocycles. The van der Waals surface area contributed by atoms with Crippen LogP contribution in [-0.2, 0) is 9.59 Å². The largest absolute Gasteiger partial charge is 0.346 e. The van der Waals surface area contributed by atoms with E-state index in [2.05, 4.69) is 29.4 Å². The Morgan fingerprint density at radius 2 is 1.79 bits per heavy atom. The fourth-order valence-corrected chi connectivity index (χ4v) is 3.44. The minimum absolute atomic E-state index is 0.00512. The first-order chi connectivity index (χ1) is 11.3. The van der Waals surface area contributed by atoms with Gasteiger partial charge in [-0.15, -0.1) is 0 Å². The molecule has 5 nitrogen and oxygen atoms in total. The molecule has 1 heterocycles. The number of carbonyl (C=O) groups excluding carboxylic acids is 2. The number of likely N-dealkylation sites (tertiary alicyclic amines) is 1. The number of anilines is 1. The third-order valence-corrected chi connectivity index (χ3v) is 4.64. The Morgan fingerprint density at radius 3 is 2.46 bits per heavy atom. The number of benzene rings is 1. The Labute approximate surface area is 144 Å². The molecule has 1 aromatic carbocycles. The molecular formula is C19H29N3O2. The summed E-state index contributed by atoms with van der Waals surface area (Å²) in [5, 5.41) is 5.58. The van der Waals surface area contributed by atoms with Gasteiger partial charge in [0.1, 0.15) is 0 Å². The average Bonchev–Trinajstić information content (AvgIpc) is 2.49. The predicted octanol–water partition coefficient (Wildman–Crippen LogP) is 2.34. The second-order valence-corrected chi connectivity index (χ2v) is 7.21. The Kier molecular flexibility index (Phi) is 6.37. The maximum absolute atomic E-state index is 12.1. The van der Waals surface area contributed by atoms with Crippen molar-refractivity contribution >= 4 is 17.5 Å². The number of hydrogen-bond donors (Lipinski definition) is 2. The van der Waals surface area contributed by atoms with Crippen molar-refractivity contribution in [1.29, 1.82) is 0 Å². The van der Waals surface area contributed by atoms with E-state index >= 15 is 0 Å². The summed E-state index contributed by atoms with van der Waals surface area (Å²) in [6.07, 6.45) is 1.22. The second kappa shape index (κ2) is 8.29. The van der Waals surface area contributed by atoms with Gasteiger partial charge in [-0.3, -0.25) is 14.5 Å². The summed E-state index contributed by atoms with van der Waals surface area (Å²) in [5.41, 5.74) is 2.98. The Hall–Kier alpha value is -1.88. The van der Waals surface area contributed by atoms with Crippen LogP contribution in [0.15, 0.2) is 18.2 Å². The molecule has 5 heteroatoms. The zero-order chi connectivity index (χ0) is 17.7. The number of hydrogen-bond acceptors (Lipinski definition) is 3. The predicted molar refractivity (Wildman–Crippen MR) is 96.9 cm³/mol. The van der Waals surface area contributed by atoms with Crippen molar-refractivity contribution in [2.24, 2.45) is 11.8 Å². The first-order valence-corrected chi connectivity index (χ1v) is 8.70. The second-order valence-electron chi connectivity index (χ2n) is 7.21. The molecule has 0 aliphatic carbocycles. The smallest absolute Gasteiger partial charge is 0.243 e. The highest BCUT2D eigenvalue weighted by atomic mass is 16.2. The molecule has 2 rings (SSSR count). The van der Waals surface area contributed by atoms with Gasteiger partial charge in [-0.2, -0.15) is 0 Å². The lowest BCUT2D eigenvalue weighted by Crippen LogP contribution is -2.45. The molecule has 0 spiro atoms. The van der Waals surface area contributed by atoms with E-state index in [-0.39, 0.29) is 18.4 Å². The zero-order valence-corrected chi connectivity index (χ0v) is 15.2. The molecule has 1 saturated heterocycles. The number of nitrogens with one attached hydrogen (secondary N) is 2. The summed E-state index contributed by atoms with van der Waals surface area (Å²) in [6, 6.07) is 5.79. The molecule has 2 atom stereocenters. The summed E-state index contributed by atoms with van der Waals surface area (Å²) in [4.78, 5) is 26.3. The number of rotatable bonds is 5. The van der Waals surface area contributed by atoms with Crippen molar-refractivity contribution in [3.8, 4) is 0 Å². The highest BCUT2D eigenvalue weighted by molar-refractivity contribution is 5.95. The third kappa shape index (κ3) is 5.34. The molecule has 0 aromatic heterocycles. The third-order valence-electron chi connectivity index (χ3n) is 4.64. The molecule has 132 valence electrons. The van der Waals surface area contributed by atoms with Gasteiger partial charge in [0.25, 0.3) is 0 Å². The summed E-state index contributed by atoms with van der Waals surface area (Å²) < 4.78 is 0. The monoisotopic (exact) mass is 331 g/mol. The highest BCUT2D eigenvalue weighted by Crippen LogP contribution is 2.20. The van der Waals surface area contributed by atoms with Gasteiger partial charge in [0, 0.05) is 18.8 Å². The topological polar surface area (TPSA) is 61.4 Å². The average molecular weight is 331 g/mol. The lowest BCUT2D eigenvalue weighted by Gasteiger charge is -2.34. The van der Waals surface area contributed by atoms with Gasteiger partial charge >= 0.3 is 0 Å². The number of aryl methyl sites for hydroxylation is 1. The molecule has 2 amide bonds. The number of piperidine rings is 1. The molecule has 1 aromatic rings. The lowest BCUT2D eigenvalue weighted by atomic mass is 9.92. The molecule has 2 N–H and O–H groups in total. The molecule has 0 unspecified atom stereocenters. The van der Waals surface area contributed by atoms with Gasteiger partial charge in [0.2, 0.25) is 11.8 Å². The van der Waals surface area contributed by atoms with E-state index in [9.17, 15) is 9.59 Å². The fraction of sp³-hybridized carbons (Fsp3) is 0.579. The first-order valence-electron chi connectivity index (χ1n) is 8.70. The van der Waals surface area contributed by atoms with Crippen molar-refractivity contribution in [3.63, 3.8) is 0 Å². The van der Waals surface area contributed by atoms with Gasteiger partial charge in [0.05, 0.1) is 13.1 Å². The number of nitrogens with zero attached hydrogens (tertiary/aromatic N) is 1. The molecule has 0 radical (unpaired) electrons. The lowest BCUT2D eigenvalue weighted by molar-refractivity contribution is -0.125. The standard InChI is InChI=1S/C19H29N3O2/c1-13-8-14(2)11-22(10-13)12-19(24)20-9-18(23)21-17-7-5-6-15(3)16(17)4/h5-7,13-14H,8-12H2,1-4H3,(H,20,24)(H,21,23)/t13-,14-/m1/s1. The summed E-state index contributed by atoms with van der Waals surface area (Å²) in [7, 11) is 0. The number of amides is 2. The number of carbonyl (C=O) groups is 2. The van der Waals surface area contributed by atoms with E-state index in [1.807, 2.05) is 32.0 Å². The minimum Gasteiger partial charge on any atom is -0.346 e. The van der Waals surface area contributed by atoms with E-state index < -0.39 is 0 Å². The van der Waals surface area contributed by atoms with Crippen molar-refractivity contribution in [3.05, 3.63) is 29.3 Å². The van der Waals surface area contributed by atoms with Crippen LogP contribution in [0, 0.1) is 25.7 Å². The molecule has 1 aliphatic rings. The first kappa shape index (κ1) is 18.5. The van der Waals surface area contributed by atoms with E-state index in [1.54, 1.807) is 0 Å². The van der Waals surface area contributed by atoms with E-state index in [0.717, 1.165) is 29.9 Å². The van der Waals surface area contributed by atoms with Gasteiger partial charge in [-0.25, -0.2) is 0 Å². The summed E-state index contributed by atoms with van der Waals surface area (Å²) in [6.45, 7) is 10.7. The van der Waals surface area contributed by atoms with E-state index in [4.69, 9.17) is 0 Å². The Balaban J connectivity index is 1.77. The molecule has 0 bridgehead atoms. The molecular weight excluding hydrogens is 302 g/mol. The maximum Gasteiger partial charge on any atom is 0.243 e. The molecule has 24 heavy (non-hydrogen) atoms. The van der Waals surface area contributed by atoms with Crippen LogP contribution in [0.3, 0.4) is 0 Å². The summed E-state index contributed by atoms with van der Waals surface area (Å²) >= 11 is 0. The minimum atomic E-state index is -0.197.